The van der Waals surface area contributed by atoms with E-state index in [1.54, 1.807) is 6.92 Å². The van der Waals surface area contributed by atoms with Crippen LogP contribution in [0, 0.1) is 6.92 Å². The summed E-state index contributed by atoms with van der Waals surface area (Å²) in [6.45, 7) is 1.79. The van der Waals surface area contributed by atoms with Crippen molar-refractivity contribution in [2.45, 2.75) is 6.92 Å². The minimum Gasteiger partial charge on any atom is -0.492 e. The summed E-state index contributed by atoms with van der Waals surface area (Å²) in [6, 6.07) is 1.52. The summed E-state index contributed by atoms with van der Waals surface area (Å²) in [5.41, 5.74) is 7.21. The molecule has 1 rings (SSSR count). The summed E-state index contributed by atoms with van der Waals surface area (Å²) in [7, 11) is 4.25. The normalized spacial score (nSPS) is 9.75. The number of benzene rings is 1. The molecule has 0 unspecified atom stereocenters. The number of esters is 1. The highest BCUT2D eigenvalue weighted by molar-refractivity contribution is 5.95. The number of nitrogen functional groups attached to an aromatic ring is 1. The van der Waals surface area contributed by atoms with Gasteiger partial charge in [0.05, 0.1) is 21.3 Å². The van der Waals surface area contributed by atoms with Gasteiger partial charge in [-0.1, -0.05) is 0 Å². The number of carbonyl (C=O) groups excluding carboxylic acids is 1. The second-order valence-corrected chi connectivity index (χ2v) is 3.20. The van der Waals surface area contributed by atoms with E-state index in [2.05, 4.69) is 4.74 Å². The third-order valence-corrected chi connectivity index (χ3v) is 2.34. The van der Waals surface area contributed by atoms with E-state index in [0.717, 1.165) is 5.56 Å². The van der Waals surface area contributed by atoms with E-state index in [9.17, 15) is 4.79 Å². The lowest BCUT2D eigenvalue weighted by Gasteiger charge is -2.15. The second kappa shape index (κ2) is 4.74. The first-order chi connectivity index (χ1) is 7.56. The molecule has 0 saturated heterocycles. The average molecular weight is 225 g/mol. The van der Waals surface area contributed by atoms with Crippen LogP contribution in [0.3, 0.4) is 0 Å². The zero-order valence-electron chi connectivity index (χ0n) is 9.79. The number of carbonyl (C=O) groups is 1. The predicted octanol–water partition coefficient (Wildman–Crippen LogP) is 1.38. The first kappa shape index (κ1) is 12.2. The summed E-state index contributed by atoms with van der Waals surface area (Å²) < 4.78 is 15.0. The number of anilines is 1. The molecule has 0 amide bonds. The van der Waals surface area contributed by atoms with Crippen LogP contribution in [0.15, 0.2) is 6.07 Å². The molecule has 0 aliphatic carbocycles. The molecular formula is C11H15NO4. The van der Waals surface area contributed by atoms with Gasteiger partial charge in [0, 0.05) is 11.3 Å². The van der Waals surface area contributed by atoms with Crippen molar-refractivity contribution in [3.8, 4) is 11.5 Å². The Bertz CT molecular complexity index is 415. The lowest BCUT2D eigenvalue weighted by atomic mass is 10.1. The molecule has 0 atom stereocenters. The first-order valence-corrected chi connectivity index (χ1v) is 4.66. The van der Waals surface area contributed by atoms with Crippen LogP contribution in [0.1, 0.15) is 15.9 Å². The molecule has 0 heterocycles. The summed E-state index contributed by atoms with van der Waals surface area (Å²) in [6.07, 6.45) is 0. The Kier molecular flexibility index (Phi) is 3.60. The molecule has 2 N–H and O–H groups in total. The van der Waals surface area contributed by atoms with Gasteiger partial charge in [-0.25, -0.2) is 4.79 Å². The fourth-order valence-corrected chi connectivity index (χ4v) is 1.46. The number of ether oxygens (including phenoxy) is 3. The van der Waals surface area contributed by atoms with Crippen LogP contribution in [0.4, 0.5) is 5.69 Å². The molecular weight excluding hydrogens is 210 g/mol. The molecule has 1 aromatic rings. The number of methoxy groups -OCH3 is 3. The molecule has 5 nitrogen and oxygen atoms in total. The molecule has 0 aliphatic heterocycles. The summed E-state index contributed by atoms with van der Waals surface area (Å²) in [5.74, 6) is 0.269. The van der Waals surface area contributed by atoms with Crippen LogP contribution in [-0.2, 0) is 4.74 Å². The highest BCUT2D eigenvalue weighted by atomic mass is 16.5. The van der Waals surface area contributed by atoms with Gasteiger partial charge < -0.3 is 19.9 Å². The van der Waals surface area contributed by atoms with Gasteiger partial charge in [0.2, 0.25) is 0 Å². The molecule has 1 aromatic carbocycles. The molecule has 16 heavy (non-hydrogen) atoms. The smallest absolute Gasteiger partial charge is 0.341 e. The molecule has 0 spiro atoms. The van der Waals surface area contributed by atoms with Crippen LogP contribution in [0.2, 0.25) is 0 Å². The molecule has 0 radical (unpaired) electrons. The molecule has 0 bridgehead atoms. The highest BCUT2D eigenvalue weighted by Gasteiger charge is 2.21. The third-order valence-electron chi connectivity index (χ3n) is 2.34. The van der Waals surface area contributed by atoms with Crippen LogP contribution in [-0.4, -0.2) is 27.3 Å². The summed E-state index contributed by atoms with van der Waals surface area (Å²) >= 11 is 0. The zero-order valence-corrected chi connectivity index (χ0v) is 9.79. The Labute approximate surface area is 94.1 Å². The van der Waals surface area contributed by atoms with E-state index < -0.39 is 5.97 Å². The topological polar surface area (TPSA) is 70.8 Å². The van der Waals surface area contributed by atoms with Crippen molar-refractivity contribution >= 4 is 11.7 Å². The summed E-state index contributed by atoms with van der Waals surface area (Å²) in [5, 5.41) is 0. The maximum atomic E-state index is 11.5. The molecule has 0 aliphatic rings. The van der Waals surface area contributed by atoms with Crippen molar-refractivity contribution in [3.05, 3.63) is 17.2 Å². The van der Waals surface area contributed by atoms with Crippen LogP contribution in [0.5, 0.6) is 11.5 Å². The van der Waals surface area contributed by atoms with Gasteiger partial charge in [-0.15, -0.1) is 0 Å². The van der Waals surface area contributed by atoms with E-state index in [0.29, 0.717) is 17.2 Å². The number of hydrogen-bond donors (Lipinski definition) is 1. The number of rotatable bonds is 3. The minimum absolute atomic E-state index is 0.255. The molecule has 0 aromatic heterocycles. The zero-order chi connectivity index (χ0) is 12.3. The van der Waals surface area contributed by atoms with E-state index in [4.69, 9.17) is 15.2 Å². The molecule has 88 valence electrons. The van der Waals surface area contributed by atoms with Crippen molar-refractivity contribution < 1.29 is 19.0 Å². The predicted molar refractivity (Wildman–Crippen MR) is 60.0 cm³/mol. The first-order valence-electron chi connectivity index (χ1n) is 4.66. The highest BCUT2D eigenvalue weighted by Crippen LogP contribution is 2.38. The Morgan fingerprint density at radius 3 is 2.19 bits per heavy atom. The Morgan fingerprint density at radius 2 is 1.75 bits per heavy atom. The van der Waals surface area contributed by atoms with E-state index in [1.165, 1.54) is 27.4 Å². The van der Waals surface area contributed by atoms with Gasteiger partial charge in [-0.3, -0.25) is 0 Å². The second-order valence-electron chi connectivity index (χ2n) is 3.20. The van der Waals surface area contributed by atoms with Gasteiger partial charge in [-0.05, 0) is 13.0 Å². The average Bonchev–Trinajstić information content (AvgIpc) is 2.30. The quantitative estimate of drug-likeness (QED) is 0.621. The maximum Gasteiger partial charge on any atom is 0.341 e. The number of nitrogens with two attached hydrogens (primary N) is 1. The van der Waals surface area contributed by atoms with E-state index in [1.807, 2.05) is 0 Å². The van der Waals surface area contributed by atoms with Gasteiger partial charge >= 0.3 is 5.97 Å². The van der Waals surface area contributed by atoms with Crippen LogP contribution >= 0.6 is 0 Å². The van der Waals surface area contributed by atoms with Crippen molar-refractivity contribution in [1.82, 2.24) is 0 Å². The van der Waals surface area contributed by atoms with Crippen LogP contribution in [0.25, 0.3) is 0 Å². The fraction of sp³-hybridized carbons (Fsp3) is 0.364. The van der Waals surface area contributed by atoms with Gasteiger partial charge in [0.1, 0.15) is 5.56 Å². The SMILES string of the molecule is COC(=O)c1cc(N)c(C)c(OC)c1OC. The van der Waals surface area contributed by atoms with Crippen molar-refractivity contribution in [3.63, 3.8) is 0 Å². The van der Waals surface area contributed by atoms with E-state index >= 15 is 0 Å². The fourth-order valence-electron chi connectivity index (χ4n) is 1.46. The maximum absolute atomic E-state index is 11.5. The lowest BCUT2D eigenvalue weighted by molar-refractivity contribution is 0.0596. The van der Waals surface area contributed by atoms with Crippen molar-refractivity contribution in [1.29, 1.82) is 0 Å². The Hall–Kier alpha value is -1.91. The third kappa shape index (κ3) is 1.88. The minimum atomic E-state index is -0.512. The van der Waals surface area contributed by atoms with Crippen molar-refractivity contribution in [2.24, 2.45) is 0 Å². The number of hydrogen-bond acceptors (Lipinski definition) is 5. The standard InChI is InChI=1S/C11H15NO4/c1-6-8(12)5-7(11(13)16-4)10(15-3)9(6)14-2/h5H,12H2,1-4H3. The monoisotopic (exact) mass is 225 g/mol. The van der Waals surface area contributed by atoms with Gasteiger partial charge in [-0.2, -0.15) is 0 Å². The van der Waals surface area contributed by atoms with Gasteiger partial charge in [0.15, 0.2) is 11.5 Å². The van der Waals surface area contributed by atoms with Crippen LogP contribution < -0.4 is 15.2 Å². The molecule has 0 fully saturated rings. The largest absolute Gasteiger partial charge is 0.492 e. The van der Waals surface area contributed by atoms with Crippen molar-refractivity contribution in [2.75, 3.05) is 27.1 Å². The molecule has 5 heteroatoms. The lowest BCUT2D eigenvalue weighted by Crippen LogP contribution is -2.08. The molecule has 0 saturated carbocycles. The Morgan fingerprint density at radius 1 is 1.19 bits per heavy atom. The van der Waals surface area contributed by atoms with E-state index in [-0.39, 0.29) is 5.56 Å². The Balaban J connectivity index is 3.49. The summed E-state index contributed by atoms with van der Waals surface area (Å²) in [4.78, 5) is 11.5. The van der Waals surface area contributed by atoms with Gasteiger partial charge in [0.25, 0.3) is 0 Å².